The second-order valence-electron chi connectivity index (χ2n) is 4.83. The molecule has 1 aromatic rings. The molecule has 1 saturated carbocycles. The second kappa shape index (κ2) is 6.11. The Morgan fingerprint density at radius 3 is 2.79 bits per heavy atom. The molecule has 0 spiro atoms. The molecule has 2 unspecified atom stereocenters. The quantitative estimate of drug-likeness (QED) is 0.827. The molecule has 1 aliphatic carbocycles. The fourth-order valence-electron chi connectivity index (χ4n) is 2.38. The number of halogens is 2. The van der Waals surface area contributed by atoms with Crippen LogP contribution in [0.15, 0.2) is 11.2 Å². The minimum atomic E-state index is -3.60. The molecule has 1 fully saturated rings. The molecule has 1 aromatic heterocycles. The first kappa shape index (κ1) is 15.3. The van der Waals surface area contributed by atoms with Crippen LogP contribution in [0.3, 0.4) is 0 Å². The van der Waals surface area contributed by atoms with Crippen molar-refractivity contribution in [1.29, 1.82) is 0 Å². The van der Waals surface area contributed by atoms with Gasteiger partial charge >= 0.3 is 0 Å². The van der Waals surface area contributed by atoms with Gasteiger partial charge in [0.2, 0.25) is 0 Å². The van der Waals surface area contributed by atoms with Crippen molar-refractivity contribution in [1.82, 2.24) is 14.5 Å². The van der Waals surface area contributed by atoms with Crippen molar-refractivity contribution in [3.63, 3.8) is 0 Å². The highest BCUT2D eigenvalue weighted by atomic mass is 79.9. The van der Waals surface area contributed by atoms with Crippen LogP contribution >= 0.6 is 27.5 Å². The van der Waals surface area contributed by atoms with E-state index >= 15 is 0 Å². The third-order valence-corrected chi connectivity index (χ3v) is 6.58. The monoisotopic (exact) mass is 369 g/mol. The predicted molar refractivity (Wildman–Crippen MR) is 78.1 cm³/mol. The summed E-state index contributed by atoms with van der Waals surface area (Å²) in [6.45, 7) is 0.430. The number of hydrogen-bond donors (Lipinski definition) is 1. The average molecular weight is 371 g/mol. The van der Waals surface area contributed by atoms with Gasteiger partial charge in [0.05, 0.1) is 11.2 Å². The van der Waals surface area contributed by atoms with E-state index < -0.39 is 10.0 Å². The first-order valence-corrected chi connectivity index (χ1v) is 9.00. The molecule has 0 aliphatic heterocycles. The van der Waals surface area contributed by atoms with E-state index in [2.05, 4.69) is 25.8 Å². The number of alkyl halides is 1. The van der Waals surface area contributed by atoms with Gasteiger partial charge in [0, 0.05) is 18.4 Å². The van der Waals surface area contributed by atoms with Crippen molar-refractivity contribution in [3.8, 4) is 0 Å². The largest absolute Gasteiger partial charge is 0.259 e. The van der Waals surface area contributed by atoms with Gasteiger partial charge in [-0.1, -0.05) is 40.4 Å². The molecular weight excluding hydrogens is 354 g/mol. The van der Waals surface area contributed by atoms with Gasteiger partial charge in [-0.2, -0.15) is 5.10 Å². The summed E-state index contributed by atoms with van der Waals surface area (Å²) in [6, 6.07) is 0. The molecular formula is C11H17BrClN3O2S. The number of aryl methyl sites for hydroxylation is 1. The van der Waals surface area contributed by atoms with E-state index in [9.17, 15) is 8.42 Å². The molecule has 0 saturated heterocycles. The third-order valence-electron chi connectivity index (χ3n) is 3.45. The first-order valence-electron chi connectivity index (χ1n) is 6.23. The fraction of sp³-hybridized carbons (Fsp3) is 0.727. The van der Waals surface area contributed by atoms with Crippen LogP contribution in [-0.4, -0.2) is 29.6 Å². The van der Waals surface area contributed by atoms with E-state index in [0.717, 1.165) is 19.3 Å². The lowest BCUT2D eigenvalue weighted by Gasteiger charge is -2.27. The van der Waals surface area contributed by atoms with Crippen LogP contribution < -0.4 is 4.72 Å². The fourth-order valence-corrected chi connectivity index (χ4v) is 4.90. The van der Waals surface area contributed by atoms with Crippen LogP contribution in [0.5, 0.6) is 0 Å². The molecule has 8 heteroatoms. The Bertz CT molecular complexity index is 527. The Balaban J connectivity index is 2.06. The first-order chi connectivity index (χ1) is 8.92. The van der Waals surface area contributed by atoms with E-state index in [0.29, 0.717) is 17.3 Å². The van der Waals surface area contributed by atoms with Gasteiger partial charge in [-0.25, -0.2) is 13.1 Å². The molecule has 2 atom stereocenters. The van der Waals surface area contributed by atoms with Crippen LogP contribution in [0.1, 0.15) is 25.7 Å². The van der Waals surface area contributed by atoms with Crippen molar-refractivity contribution in [2.24, 2.45) is 13.0 Å². The Morgan fingerprint density at radius 2 is 2.21 bits per heavy atom. The lowest BCUT2D eigenvalue weighted by Crippen LogP contribution is -2.35. The molecule has 0 bridgehead atoms. The van der Waals surface area contributed by atoms with E-state index in [1.807, 2.05) is 0 Å². The number of nitrogens with zero attached hydrogens (tertiary/aromatic N) is 2. The molecule has 0 aromatic carbocycles. The van der Waals surface area contributed by atoms with E-state index in [1.54, 1.807) is 7.05 Å². The highest BCUT2D eigenvalue weighted by molar-refractivity contribution is 9.09. The molecule has 1 aliphatic rings. The standard InChI is InChI=1S/C11H17BrClN3O2S/c1-16-11(10(13)7-14-16)19(17,18)15-6-8-4-2-3-5-9(8)12/h7-9,15H,2-6H2,1H3. The highest BCUT2D eigenvalue weighted by Gasteiger charge is 2.27. The topological polar surface area (TPSA) is 64.0 Å². The summed E-state index contributed by atoms with van der Waals surface area (Å²) in [4.78, 5) is 0.381. The molecule has 0 radical (unpaired) electrons. The maximum atomic E-state index is 12.2. The van der Waals surface area contributed by atoms with Gasteiger partial charge < -0.3 is 0 Å². The lowest BCUT2D eigenvalue weighted by atomic mass is 9.89. The maximum absolute atomic E-state index is 12.2. The van der Waals surface area contributed by atoms with Crippen LogP contribution in [0.2, 0.25) is 5.02 Å². The van der Waals surface area contributed by atoms with Crippen LogP contribution in [0.4, 0.5) is 0 Å². The van der Waals surface area contributed by atoms with E-state index in [1.165, 1.54) is 17.3 Å². The SMILES string of the molecule is Cn1ncc(Cl)c1S(=O)(=O)NCC1CCCCC1Br. The zero-order valence-electron chi connectivity index (χ0n) is 10.6. The van der Waals surface area contributed by atoms with Gasteiger partial charge in [-0.05, 0) is 18.8 Å². The summed E-state index contributed by atoms with van der Waals surface area (Å²) >= 11 is 9.49. The molecule has 19 heavy (non-hydrogen) atoms. The number of hydrogen-bond acceptors (Lipinski definition) is 3. The molecule has 108 valence electrons. The van der Waals surface area contributed by atoms with Crippen LogP contribution in [0, 0.1) is 5.92 Å². The zero-order chi connectivity index (χ0) is 14.0. The van der Waals surface area contributed by atoms with E-state index in [4.69, 9.17) is 11.6 Å². The number of nitrogens with one attached hydrogen (secondary N) is 1. The van der Waals surface area contributed by atoms with Gasteiger partial charge in [0.1, 0.15) is 0 Å². The molecule has 1 N–H and O–H groups in total. The summed E-state index contributed by atoms with van der Waals surface area (Å²) in [5.41, 5.74) is 0. The average Bonchev–Trinajstić information content (AvgIpc) is 2.69. The van der Waals surface area contributed by atoms with E-state index in [-0.39, 0.29) is 10.0 Å². The summed E-state index contributed by atoms with van der Waals surface area (Å²) in [5.74, 6) is 0.329. The smallest absolute Gasteiger partial charge is 0.255 e. The second-order valence-corrected chi connectivity index (χ2v) is 8.10. The van der Waals surface area contributed by atoms with Gasteiger partial charge in [-0.15, -0.1) is 0 Å². The number of rotatable bonds is 4. The minimum absolute atomic E-state index is 0.0242. The van der Waals surface area contributed by atoms with Crippen molar-refractivity contribution in [3.05, 3.63) is 11.2 Å². The van der Waals surface area contributed by atoms with Crippen molar-refractivity contribution < 1.29 is 8.42 Å². The van der Waals surface area contributed by atoms with Crippen molar-refractivity contribution in [2.75, 3.05) is 6.54 Å². The Morgan fingerprint density at radius 1 is 1.53 bits per heavy atom. The molecule has 5 nitrogen and oxygen atoms in total. The maximum Gasteiger partial charge on any atom is 0.259 e. The third kappa shape index (κ3) is 3.51. The number of aromatic nitrogens is 2. The molecule has 2 rings (SSSR count). The van der Waals surface area contributed by atoms with Gasteiger partial charge in [0.25, 0.3) is 10.0 Å². The highest BCUT2D eigenvalue weighted by Crippen LogP contribution is 2.30. The van der Waals surface area contributed by atoms with Crippen LogP contribution in [-0.2, 0) is 17.1 Å². The Hall–Kier alpha value is -0.110. The predicted octanol–water partition coefficient (Wildman–Crippen LogP) is 2.31. The summed E-state index contributed by atoms with van der Waals surface area (Å²) < 4.78 is 28.3. The summed E-state index contributed by atoms with van der Waals surface area (Å²) in [6.07, 6.45) is 5.83. The summed E-state index contributed by atoms with van der Waals surface area (Å²) in [5, 5.41) is 4.02. The normalized spacial score (nSPS) is 24.6. The van der Waals surface area contributed by atoms with Gasteiger partial charge in [0.15, 0.2) is 5.03 Å². The molecule has 0 amide bonds. The van der Waals surface area contributed by atoms with Crippen molar-refractivity contribution in [2.45, 2.75) is 35.5 Å². The number of sulfonamides is 1. The zero-order valence-corrected chi connectivity index (χ0v) is 13.8. The van der Waals surface area contributed by atoms with Gasteiger partial charge in [-0.3, -0.25) is 4.68 Å². The lowest BCUT2D eigenvalue weighted by molar-refractivity contribution is 0.373. The Labute approximate surface area is 126 Å². The van der Waals surface area contributed by atoms with Crippen LogP contribution in [0.25, 0.3) is 0 Å². The van der Waals surface area contributed by atoms with Crippen molar-refractivity contribution >= 4 is 37.6 Å². The summed E-state index contributed by atoms with van der Waals surface area (Å²) in [7, 11) is -2.04. The molecule has 1 heterocycles. The minimum Gasteiger partial charge on any atom is -0.255 e. The Kier molecular flexibility index (Phi) is 4.92.